The van der Waals surface area contributed by atoms with Gasteiger partial charge in [-0.25, -0.2) is 14.6 Å². The number of β-amino-alcohol motifs (C(OH)–C–C–N with tert-alkyl or cyclic N) is 1. The lowest BCUT2D eigenvalue weighted by molar-refractivity contribution is 0.118. The van der Waals surface area contributed by atoms with Crippen molar-refractivity contribution in [3.8, 4) is 28.7 Å². The number of ether oxygens (including phenoxy) is 1. The second-order valence-corrected chi connectivity index (χ2v) is 8.04. The van der Waals surface area contributed by atoms with Crippen LogP contribution >= 0.6 is 12.4 Å². The molecular formula is C21H27ClN6O2. The average Bonchev–Trinajstić information content (AvgIpc) is 3.32. The maximum Gasteiger partial charge on any atom is 0.178 e. The van der Waals surface area contributed by atoms with Crippen LogP contribution in [0.2, 0.25) is 0 Å². The van der Waals surface area contributed by atoms with Crippen LogP contribution in [0.25, 0.3) is 22.9 Å². The topological polar surface area (TPSA) is 90.0 Å². The van der Waals surface area contributed by atoms with Gasteiger partial charge in [0.2, 0.25) is 0 Å². The molecule has 0 saturated carbocycles. The van der Waals surface area contributed by atoms with E-state index in [9.17, 15) is 5.11 Å². The Morgan fingerprint density at radius 1 is 1.27 bits per heavy atom. The summed E-state index contributed by atoms with van der Waals surface area (Å²) in [5.74, 6) is 2.61. The number of rotatable bonds is 3. The number of fused-ring (bicyclic) bond motifs is 3. The molecule has 5 rings (SSSR count). The molecular weight excluding hydrogens is 404 g/mol. The number of aliphatic hydroxyl groups excluding tert-OH is 1. The van der Waals surface area contributed by atoms with Crippen molar-refractivity contribution < 1.29 is 9.84 Å². The van der Waals surface area contributed by atoms with E-state index in [0.717, 1.165) is 53.7 Å². The molecule has 0 amide bonds. The molecule has 2 N–H and O–H groups in total. The third-order valence-corrected chi connectivity index (χ3v) is 5.78. The van der Waals surface area contributed by atoms with Crippen LogP contribution < -0.4 is 10.1 Å². The first kappa shape index (κ1) is 20.8. The Balaban J connectivity index is 0.00000218. The Morgan fingerprint density at radius 2 is 2.13 bits per heavy atom. The molecule has 1 fully saturated rings. The van der Waals surface area contributed by atoms with Crippen molar-refractivity contribution in [1.82, 2.24) is 29.6 Å². The van der Waals surface area contributed by atoms with Crippen molar-refractivity contribution in [2.75, 3.05) is 19.7 Å². The molecule has 160 valence electrons. The standard InChI is InChI=1S/C21H26N6O2.ClH/c1-13(2)27-21(23-12-24-27)17-11-26-7-8-29-19-9-14(3-4-16(19)20(26)25-17)15-5-6-22-10-18(15)28;/h3-4,9,11-13,15,18,22,28H,5-8,10H2,1-2H3;1H/t15-,18-;/m0./s1. The molecule has 1 aromatic carbocycles. The Hall–Kier alpha value is -2.42. The first-order valence-electron chi connectivity index (χ1n) is 10.2. The average molecular weight is 431 g/mol. The van der Waals surface area contributed by atoms with E-state index < -0.39 is 0 Å². The van der Waals surface area contributed by atoms with Gasteiger partial charge >= 0.3 is 0 Å². The van der Waals surface area contributed by atoms with Gasteiger partial charge in [-0.3, -0.25) is 0 Å². The molecule has 8 nitrogen and oxygen atoms in total. The van der Waals surface area contributed by atoms with Crippen LogP contribution in [0.3, 0.4) is 0 Å². The van der Waals surface area contributed by atoms with Crippen molar-refractivity contribution in [1.29, 1.82) is 0 Å². The van der Waals surface area contributed by atoms with Crippen molar-refractivity contribution >= 4 is 12.4 Å². The molecule has 2 atom stereocenters. The van der Waals surface area contributed by atoms with Crippen molar-refractivity contribution in [2.45, 2.75) is 44.9 Å². The fourth-order valence-corrected chi connectivity index (χ4v) is 4.28. The number of imidazole rings is 1. The summed E-state index contributed by atoms with van der Waals surface area (Å²) in [6.45, 7) is 7.01. The van der Waals surface area contributed by atoms with Crippen LogP contribution in [0.1, 0.15) is 37.8 Å². The molecule has 0 spiro atoms. The van der Waals surface area contributed by atoms with Gasteiger partial charge in [-0.15, -0.1) is 12.4 Å². The molecule has 30 heavy (non-hydrogen) atoms. The van der Waals surface area contributed by atoms with Gasteiger partial charge in [-0.05, 0) is 44.5 Å². The molecule has 0 radical (unpaired) electrons. The zero-order chi connectivity index (χ0) is 20.0. The minimum absolute atomic E-state index is 0. The largest absolute Gasteiger partial charge is 0.491 e. The van der Waals surface area contributed by atoms with E-state index in [1.165, 1.54) is 0 Å². The second kappa shape index (κ2) is 8.37. The highest BCUT2D eigenvalue weighted by molar-refractivity contribution is 5.85. The van der Waals surface area contributed by atoms with E-state index in [2.05, 4.69) is 52.0 Å². The first-order chi connectivity index (χ1) is 14.1. The molecule has 3 aromatic rings. The number of nitrogens with zero attached hydrogens (tertiary/aromatic N) is 5. The van der Waals surface area contributed by atoms with Crippen LogP contribution in [0, 0.1) is 0 Å². The highest BCUT2D eigenvalue weighted by Crippen LogP contribution is 2.37. The molecule has 1 saturated heterocycles. The van der Waals surface area contributed by atoms with Crippen molar-refractivity contribution in [2.24, 2.45) is 0 Å². The van der Waals surface area contributed by atoms with E-state index in [0.29, 0.717) is 13.2 Å². The summed E-state index contributed by atoms with van der Waals surface area (Å²) in [6.07, 6.45) is 4.15. The van der Waals surface area contributed by atoms with Crippen molar-refractivity contribution in [3.63, 3.8) is 0 Å². The summed E-state index contributed by atoms with van der Waals surface area (Å²) >= 11 is 0. The SMILES string of the molecule is CC(C)n1ncnc1-c1cn2c(n1)-c1ccc([C@@H]3CCNC[C@@H]3O)cc1OCC2.Cl. The minimum atomic E-state index is -0.372. The Bertz CT molecular complexity index is 1030. The number of hydrogen-bond acceptors (Lipinski definition) is 6. The van der Waals surface area contributed by atoms with Gasteiger partial charge in [0.25, 0.3) is 0 Å². The summed E-state index contributed by atoms with van der Waals surface area (Å²) in [6, 6.07) is 6.46. The summed E-state index contributed by atoms with van der Waals surface area (Å²) < 4.78 is 10.1. The Kier molecular flexibility index (Phi) is 5.81. The fraction of sp³-hybridized carbons (Fsp3) is 0.476. The zero-order valence-corrected chi connectivity index (χ0v) is 18.0. The van der Waals surface area contributed by atoms with Gasteiger partial charge in [0.15, 0.2) is 5.82 Å². The van der Waals surface area contributed by atoms with E-state index >= 15 is 0 Å². The first-order valence-corrected chi connectivity index (χ1v) is 10.2. The lowest BCUT2D eigenvalue weighted by atomic mass is 9.87. The normalized spacial score (nSPS) is 20.7. The molecule has 9 heteroatoms. The van der Waals surface area contributed by atoms with Gasteiger partial charge in [-0.2, -0.15) is 5.10 Å². The number of piperidine rings is 1. The van der Waals surface area contributed by atoms with E-state index in [1.807, 2.05) is 10.9 Å². The summed E-state index contributed by atoms with van der Waals surface area (Å²) in [5.41, 5.74) is 2.91. The van der Waals surface area contributed by atoms with Crippen LogP contribution in [0.15, 0.2) is 30.7 Å². The zero-order valence-electron chi connectivity index (χ0n) is 17.2. The van der Waals surface area contributed by atoms with Gasteiger partial charge in [0, 0.05) is 24.7 Å². The Morgan fingerprint density at radius 3 is 2.93 bits per heavy atom. The third kappa shape index (κ3) is 3.59. The highest BCUT2D eigenvalue weighted by Gasteiger charge is 2.27. The molecule has 2 aromatic heterocycles. The quantitative estimate of drug-likeness (QED) is 0.664. The van der Waals surface area contributed by atoms with E-state index in [4.69, 9.17) is 9.72 Å². The molecule has 0 unspecified atom stereocenters. The Labute approximate surface area is 181 Å². The van der Waals surface area contributed by atoms with Crippen LogP contribution in [-0.2, 0) is 6.54 Å². The van der Waals surface area contributed by atoms with E-state index in [1.54, 1.807) is 6.33 Å². The summed E-state index contributed by atoms with van der Waals surface area (Å²) in [7, 11) is 0. The highest BCUT2D eigenvalue weighted by atomic mass is 35.5. The maximum atomic E-state index is 10.4. The van der Waals surface area contributed by atoms with Gasteiger partial charge in [0.05, 0.1) is 18.2 Å². The third-order valence-electron chi connectivity index (χ3n) is 5.78. The lowest BCUT2D eigenvalue weighted by Crippen LogP contribution is -2.39. The predicted octanol–water partition coefficient (Wildman–Crippen LogP) is 2.64. The lowest BCUT2D eigenvalue weighted by Gasteiger charge is -2.29. The van der Waals surface area contributed by atoms with Gasteiger partial charge in [-0.1, -0.05) is 6.07 Å². The monoisotopic (exact) mass is 430 g/mol. The minimum Gasteiger partial charge on any atom is -0.491 e. The number of hydrogen-bond donors (Lipinski definition) is 2. The second-order valence-electron chi connectivity index (χ2n) is 8.04. The number of aromatic nitrogens is 5. The van der Waals surface area contributed by atoms with Crippen molar-refractivity contribution in [3.05, 3.63) is 36.3 Å². The number of benzene rings is 1. The number of aliphatic hydroxyl groups is 1. The molecule has 0 bridgehead atoms. The molecule has 2 aliphatic rings. The van der Waals surface area contributed by atoms with Crippen LogP contribution in [-0.4, -0.2) is 55.2 Å². The number of nitrogens with one attached hydrogen (secondary N) is 1. The molecule has 4 heterocycles. The number of halogens is 1. The van der Waals surface area contributed by atoms with Crippen LogP contribution in [0.4, 0.5) is 0 Å². The molecule has 0 aliphatic carbocycles. The van der Waals surface area contributed by atoms with Gasteiger partial charge < -0.3 is 19.7 Å². The van der Waals surface area contributed by atoms with Crippen LogP contribution in [0.5, 0.6) is 5.75 Å². The summed E-state index contributed by atoms with van der Waals surface area (Å²) in [4.78, 5) is 9.32. The smallest absolute Gasteiger partial charge is 0.178 e. The molecule has 2 aliphatic heterocycles. The van der Waals surface area contributed by atoms with Gasteiger partial charge in [0.1, 0.15) is 30.2 Å². The fourth-order valence-electron chi connectivity index (χ4n) is 4.28. The summed E-state index contributed by atoms with van der Waals surface area (Å²) in [5, 5.41) is 18.0. The van der Waals surface area contributed by atoms with E-state index in [-0.39, 0.29) is 30.5 Å². The maximum absolute atomic E-state index is 10.4. The predicted molar refractivity (Wildman–Crippen MR) is 116 cm³/mol.